The van der Waals surface area contributed by atoms with Crippen LogP contribution in [0.5, 0.6) is 0 Å². The van der Waals surface area contributed by atoms with E-state index in [-0.39, 0.29) is 17.1 Å². The quantitative estimate of drug-likeness (QED) is 0.213. The minimum absolute atomic E-state index is 0.0169. The molecule has 0 spiro atoms. The molecule has 1 rings (SSSR count). The van der Waals surface area contributed by atoms with Crippen LogP contribution >= 0.6 is 7.60 Å². The first kappa shape index (κ1) is 31.8. The van der Waals surface area contributed by atoms with Crippen LogP contribution in [0.1, 0.15) is 31.3 Å². The molecule has 36 heavy (non-hydrogen) atoms. The predicted octanol–water partition coefficient (Wildman–Crippen LogP) is 2.71. The molecule has 0 fully saturated rings. The summed E-state index contributed by atoms with van der Waals surface area (Å²) in [7, 11) is -5.12. The summed E-state index contributed by atoms with van der Waals surface area (Å²) in [5, 5.41) is 0. The largest absolute Gasteiger partial charge is 0.412 e. The van der Waals surface area contributed by atoms with Gasteiger partial charge >= 0.3 is 25.6 Å². The maximum atomic E-state index is 14.4. The van der Waals surface area contributed by atoms with E-state index in [0.29, 0.717) is 0 Å². The van der Waals surface area contributed by atoms with Gasteiger partial charge in [-0.25, -0.2) is 10.3 Å². The molecule has 0 aliphatic rings. The van der Waals surface area contributed by atoms with Crippen molar-refractivity contribution in [1.82, 2.24) is 15.0 Å². The minimum atomic E-state index is -5.12. The number of H-pyrrole nitrogens is 1. The zero-order valence-corrected chi connectivity index (χ0v) is 19.9. The third-order valence-electron chi connectivity index (χ3n) is 3.74. The molecule has 1 aromatic rings. The molecule has 0 radical (unpaired) electrons. The van der Waals surface area contributed by atoms with Crippen molar-refractivity contribution < 1.29 is 58.7 Å². The van der Waals surface area contributed by atoms with E-state index in [4.69, 9.17) is 9.57 Å². The molecule has 208 valence electrons. The van der Waals surface area contributed by atoms with Gasteiger partial charge in [-0.2, -0.15) is 30.7 Å². The first-order valence-corrected chi connectivity index (χ1v) is 11.6. The second kappa shape index (κ2) is 12.8. The Balaban J connectivity index is 2.95. The van der Waals surface area contributed by atoms with Crippen molar-refractivity contribution in [3.05, 3.63) is 32.3 Å². The molecular formula is C17H23F7N3O8P. The van der Waals surface area contributed by atoms with Crippen LogP contribution in [-0.2, 0) is 29.7 Å². The van der Waals surface area contributed by atoms with E-state index in [1.807, 2.05) is 5.48 Å². The lowest BCUT2D eigenvalue weighted by atomic mass is 10.2. The number of nitrogens with zero attached hydrogens (tertiary/aromatic N) is 1. The number of amides is 1. The number of carbonyl (C=O) groups is 1. The number of nitrogens with one attached hydrogen (secondary N) is 2. The summed E-state index contributed by atoms with van der Waals surface area (Å²) < 4.78 is 114. The summed E-state index contributed by atoms with van der Waals surface area (Å²) in [6.07, 6.45) is -13.0. The van der Waals surface area contributed by atoms with Crippen LogP contribution in [0, 0.1) is 11.7 Å². The number of ether oxygens (including phenoxy) is 1. The zero-order valence-electron chi connectivity index (χ0n) is 19.0. The standard InChI is InChI=1S/C17H23F7N3O8P/c1-9(2)5-33-26-13(28)12-11(18)14(29)27(15(30)25-12)4-10(3)32-8-36(31,34-6-16(19,20)21)35-7-17(22,23)24/h9-10H,4-8H2,1-3H3,(H,25,30)(H,26,28)/t10-/m1/s1. The highest BCUT2D eigenvalue weighted by atomic mass is 31.2. The first-order chi connectivity index (χ1) is 16.3. The molecule has 1 heterocycles. The number of carbonyl (C=O) groups excluding carboxylic acids is 1. The second-order valence-corrected chi connectivity index (χ2v) is 9.66. The average molecular weight is 561 g/mol. The first-order valence-electron chi connectivity index (χ1n) is 9.91. The number of hydrogen-bond acceptors (Lipinski definition) is 8. The van der Waals surface area contributed by atoms with E-state index in [0.717, 1.165) is 6.92 Å². The lowest BCUT2D eigenvalue weighted by Gasteiger charge is -2.22. The molecular weight excluding hydrogens is 538 g/mol. The van der Waals surface area contributed by atoms with Crippen LogP contribution in [0.3, 0.4) is 0 Å². The number of alkyl halides is 6. The fraction of sp³-hybridized carbons (Fsp3) is 0.706. The topological polar surface area (TPSA) is 138 Å². The van der Waals surface area contributed by atoms with Crippen LogP contribution in [-0.4, -0.2) is 60.1 Å². The molecule has 0 bridgehead atoms. The van der Waals surface area contributed by atoms with E-state index in [2.05, 4.69) is 9.05 Å². The van der Waals surface area contributed by atoms with E-state index >= 15 is 0 Å². The van der Waals surface area contributed by atoms with Crippen LogP contribution < -0.4 is 16.7 Å². The maximum absolute atomic E-state index is 14.4. The smallest absolute Gasteiger partial charge is 0.364 e. The summed E-state index contributed by atoms with van der Waals surface area (Å²) in [6.45, 7) is -0.654. The van der Waals surface area contributed by atoms with Crippen molar-refractivity contribution in [1.29, 1.82) is 0 Å². The van der Waals surface area contributed by atoms with Gasteiger partial charge in [-0.1, -0.05) is 13.8 Å². The van der Waals surface area contributed by atoms with Gasteiger partial charge in [-0.15, -0.1) is 0 Å². The minimum Gasteiger partial charge on any atom is -0.364 e. The summed E-state index contributed by atoms with van der Waals surface area (Å²) in [4.78, 5) is 42.9. The van der Waals surface area contributed by atoms with Crippen molar-refractivity contribution in [3.63, 3.8) is 0 Å². The average Bonchev–Trinajstić information content (AvgIpc) is 2.74. The Hall–Kier alpha value is -2.27. The molecule has 0 saturated heterocycles. The fourth-order valence-corrected chi connectivity index (χ4v) is 3.52. The summed E-state index contributed by atoms with van der Waals surface area (Å²) in [5.74, 6) is -2.99. The predicted molar refractivity (Wildman–Crippen MR) is 107 cm³/mol. The summed E-state index contributed by atoms with van der Waals surface area (Å²) in [6, 6.07) is 0. The highest BCUT2D eigenvalue weighted by molar-refractivity contribution is 7.53. The van der Waals surface area contributed by atoms with Gasteiger partial charge in [0.2, 0.25) is 5.82 Å². The third-order valence-corrected chi connectivity index (χ3v) is 5.26. The fourth-order valence-electron chi connectivity index (χ4n) is 2.18. The molecule has 19 heteroatoms. The molecule has 11 nitrogen and oxygen atoms in total. The van der Waals surface area contributed by atoms with Gasteiger partial charge in [0.05, 0.1) is 19.3 Å². The number of halogens is 7. The Morgan fingerprint density at radius 2 is 1.58 bits per heavy atom. The highest BCUT2D eigenvalue weighted by Crippen LogP contribution is 2.50. The Morgan fingerprint density at radius 1 is 1.06 bits per heavy atom. The molecule has 1 amide bonds. The van der Waals surface area contributed by atoms with E-state index in [9.17, 15) is 49.7 Å². The van der Waals surface area contributed by atoms with Crippen molar-refractivity contribution in [2.75, 3.05) is 26.2 Å². The lowest BCUT2D eigenvalue weighted by Crippen LogP contribution is -2.43. The van der Waals surface area contributed by atoms with Gasteiger partial charge < -0.3 is 4.74 Å². The monoisotopic (exact) mass is 561 g/mol. The number of hydroxylamine groups is 1. The van der Waals surface area contributed by atoms with Gasteiger partial charge in [0.1, 0.15) is 6.35 Å². The molecule has 0 aliphatic heterocycles. The summed E-state index contributed by atoms with van der Waals surface area (Å²) >= 11 is 0. The van der Waals surface area contributed by atoms with E-state index < -0.39 is 80.8 Å². The molecule has 0 aliphatic carbocycles. The number of aromatic amines is 1. The third kappa shape index (κ3) is 11.2. The van der Waals surface area contributed by atoms with Gasteiger partial charge in [0.15, 0.2) is 18.9 Å². The Kier molecular flexibility index (Phi) is 11.3. The Morgan fingerprint density at radius 3 is 2.06 bits per heavy atom. The van der Waals surface area contributed by atoms with Crippen LogP contribution in [0.4, 0.5) is 30.7 Å². The molecule has 2 N–H and O–H groups in total. The highest BCUT2D eigenvalue weighted by Gasteiger charge is 2.39. The number of hydrogen-bond donors (Lipinski definition) is 2. The molecule has 1 aromatic heterocycles. The second-order valence-electron chi connectivity index (χ2n) is 7.67. The van der Waals surface area contributed by atoms with Crippen LogP contribution in [0.25, 0.3) is 0 Å². The molecule has 0 saturated carbocycles. The van der Waals surface area contributed by atoms with Crippen LogP contribution in [0.2, 0.25) is 0 Å². The maximum Gasteiger partial charge on any atom is 0.412 e. The van der Waals surface area contributed by atoms with Crippen molar-refractivity contribution in [2.45, 2.75) is 45.8 Å². The van der Waals surface area contributed by atoms with E-state index in [1.165, 1.54) is 0 Å². The van der Waals surface area contributed by atoms with Gasteiger partial charge in [0.25, 0.3) is 11.5 Å². The van der Waals surface area contributed by atoms with Crippen molar-refractivity contribution >= 4 is 13.5 Å². The number of aromatic nitrogens is 2. The molecule has 0 unspecified atom stereocenters. The summed E-state index contributed by atoms with van der Waals surface area (Å²) in [5.41, 5.74) is -2.14. The van der Waals surface area contributed by atoms with Gasteiger partial charge in [-0.05, 0) is 12.8 Å². The van der Waals surface area contributed by atoms with Crippen molar-refractivity contribution in [2.24, 2.45) is 5.92 Å². The normalized spacial score (nSPS) is 13.8. The van der Waals surface area contributed by atoms with Crippen LogP contribution in [0.15, 0.2) is 9.59 Å². The molecule has 0 aromatic carbocycles. The lowest BCUT2D eigenvalue weighted by molar-refractivity contribution is -0.166. The number of rotatable bonds is 13. The Bertz CT molecular complexity index is 1030. The van der Waals surface area contributed by atoms with Gasteiger partial charge in [-0.3, -0.25) is 37.6 Å². The molecule has 1 atom stereocenters. The van der Waals surface area contributed by atoms with E-state index in [1.54, 1.807) is 18.8 Å². The van der Waals surface area contributed by atoms with Gasteiger partial charge in [0, 0.05) is 0 Å². The SMILES string of the molecule is CC(C)CONC(=O)c1[nH]c(=O)n(C[C@@H](C)OCP(=O)(OCC(F)(F)F)OCC(F)(F)F)c(=O)c1F. The Labute approximate surface area is 198 Å². The van der Waals surface area contributed by atoms with Crippen molar-refractivity contribution in [3.8, 4) is 0 Å². The zero-order chi connectivity index (χ0) is 27.9.